The lowest BCUT2D eigenvalue weighted by atomic mass is 10.1. The number of hydrogen-bond donors (Lipinski definition) is 5. The normalized spacial score (nSPS) is 15.9. The molecule has 5 nitrogen and oxygen atoms in total. The molecular formula is C6H11N3O2S. The minimum absolute atomic E-state index is 0.181. The molecule has 1 heterocycles. The first kappa shape index (κ1) is 9.37. The third-order valence-corrected chi connectivity index (χ3v) is 1.86. The summed E-state index contributed by atoms with van der Waals surface area (Å²) in [7, 11) is 0. The Labute approximate surface area is 75.0 Å². The highest BCUT2D eigenvalue weighted by atomic mass is 32.1. The van der Waals surface area contributed by atoms with E-state index in [0.717, 1.165) is 0 Å². The Morgan fingerprint density at radius 1 is 1.67 bits per heavy atom. The summed E-state index contributed by atoms with van der Waals surface area (Å²) in [5.41, 5.74) is 5.70. The van der Waals surface area contributed by atoms with Crippen LogP contribution in [0.2, 0.25) is 0 Å². The van der Waals surface area contributed by atoms with Crippen LogP contribution in [0.25, 0.3) is 0 Å². The van der Waals surface area contributed by atoms with Crippen LogP contribution in [0.1, 0.15) is 11.8 Å². The Hall–Kier alpha value is -0.720. The van der Waals surface area contributed by atoms with Gasteiger partial charge in [0.1, 0.15) is 11.9 Å². The monoisotopic (exact) mass is 189 g/mol. The second kappa shape index (κ2) is 3.79. The fourth-order valence-electron chi connectivity index (χ4n) is 0.812. The Kier molecular flexibility index (Phi) is 2.96. The summed E-state index contributed by atoms with van der Waals surface area (Å²) in [6.07, 6.45) is -1.92. The van der Waals surface area contributed by atoms with E-state index in [-0.39, 0.29) is 11.6 Å². The topological polar surface area (TPSA) is 95.2 Å². The fourth-order valence-corrected chi connectivity index (χ4v) is 1.01. The smallest absolute Gasteiger partial charge is 0.145 e. The van der Waals surface area contributed by atoms with E-state index >= 15 is 0 Å². The number of hydrogen-bond acceptors (Lipinski definition) is 5. The van der Waals surface area contributed by atoms with Gasteiger partial charge >= 0.3 is 0 Å². The average Bonchev–Trinajstić information content (AvgIpc) is 2.49. The van der Waals surface area contributed by atoms with Crippen molar-refractivity contribution >= 4 is 18.4 Å². The number of nitrogens with one attached hydrogen (secondary N) is 1. The molecule has 0 fully saturated rings. The van der Waals surface area contributed by atoms with Crippen molar-refractivity contribution in [3.63, 3.8) is 0 Å². The van der Waals surface area contributed by atoms with Gasteiger partial charge in [-0.1, -0.05) is 0 Å². The first-order chi connectivity index (χ1) is 5.65. The zero-order chi connectivity index (χ0) is 9.14. The molecule has 1 aromatic heterocycles. The van der Waals surface area contributed by atoms with Crippen LogP contribution in [-0.2, 0) is 0 Å². The van der Waals surface area contributed by atoms with Crippen molar-refractivity contribution in [2.75, 3.05) is 11.5 Å². The highest BCUT2D eigenvalue weighted by Gasteiger charge is 2.18. The molecule has 0 aliphatic heterocycles. The van der Waals surface area contributed by atoms with E-state index in [0.29, 0.717) is 5.69 Å². The van der Waals surface area contributed by atoms with E-state index in [1.165, 1.54) is 6.07 Å². The highest BCUT2D eigenvalue weighted by molar-refractivity contribution is 7.80. The first-order valence-corrected chi connectivity index (χ1v) is 4.06. The summed E-state index contributed by atoms with van der Waals surface area (Å²) in [6.45, 7) is 0. The minimum Gasteiger partial charge on any atom is -0.389 e. The Morgan fingerprint density at radius 3 is 2.75 bits per heavy atom. The van der Waals surface area contributed by atoms with Crippen LogP contribution in [0.5, 0.6) is 0 Å². The van der Waals surface area contributed by atoms with Gasteiger partial charge in [-0.15, -0.1) is 0 Å². The molecule has 6 heteroatoms. The molecule has 0 aliphatic carbocycles. The molecule has 5 N–H and O–H groups in total. The van der Waals surface area contributed by atoms with Crippen LogP contribution < -0.4 is 5.73 Å². The van der Waals surface area contributed by atoms with Crippen LogP contribution in [0.3, 0.4) is 0 Å². The zero-order valence-corrected chi connectivity index (χ0v) is 7.20. The molecule has 0 radical (unpaired) electrons. The SMILES string of the molecule is Nc1cc(C(O)C(O)CS)[nH]n1. The number of rotatable bonds is 3. The molecular weight excluding hydrogens is 178 g/mol. The average molecular weight is 189 g/mol. The predicted octanol–water partition coefficient (Wildman–Crippen LogP) is -0.684. The molecule has 2 atom stereocenters. The van der Waals surface area contributed by atoms with Gasteiger partial charge in [0.25, 0.3) is 0 Å². The Bertz CT molecular complexity index is 253. The summed E-state index contributed by atoms with van der Waals surface area (Å²) in [4.78, 5) is 0. The molecule has 68 valence electrons. The molecule has 0 bridgehead atoms. The first-order valence-electron chi connectivity index (χ1n) is 3.43. The van der Waals surface area contributed by atoms with Gasteiger partial charge in [-0.2, -0.15) is 17.7 Å². The van der Waals surface area contributed by atoms with Gasteiger partial charge in [0.2, 0.25) is 0 Å². The molecule has 0 amide bonds. The van der Waals surface area contributed by atoms with E-state index in [1.807, 2.05) is 0 Å². The van der Waals surface area contributed by atoms with Crippen molar-refractivity contribution in [2.24, 2.45) is 0 Å². The maximum absolute atomic E-state index is 9.38. The molecule has 0 aliphatic rings. The maximum Gasteiger partial charge on any atom is 0.145 e. The molecule has 0 saturated carbocycles. The molecule has 0 spiro atoms. The molecule has 0 aromatic carbocycles. The highest BCUT2D eigenvalue weighted by Crippen LogP contribution is 2.16. The van der Waals surface area contributed by atoms with E-state index in [2.05, 4.69) is 22.8 Å². The quantitative estimate of drug-likeness (QED) is 0.407. The number of anilines is 1. The van der Waals surface area contributed by atoms with Gasteiger partial charge in [-0.3, -0.25) is 5.10 Å². The van der Waals surface area contributed by atoms with Crippen LogP contribution in [0, 0.1) is 0 Å². The van der Waals surface area contributed by atoms with Gasteiger partial charge in [0.15, 0.2) is 0 Å². The second-order valence-corrected chi connectivity index (χ2v) is 2.81. The number of aromatic nitrogens is 2. The number of nitrogens with zero attached hydrogens (tertiary/aromatic N) is 1. The third kappa shape index (κ3) is 1.90. The number of nitrogen functional groups attached to an aromatic ring is 1. The van der Waals surface area contributed by atoms with Crippen molar-refractivity contribution in [3.8, 4) is 0 Å². The number of thiol groups is 1. The summed E-state index contributed by atoms with van der Waals surface area (Å²) in [5, 5.41) is 24.7. The van der Waals surface area contributed by atoms with Crippen LogP contribution in [0.15, 0.2) is 6.07 Å². The second-order valence-electron chi connectivity index (χ2n) is 2.44. The zero-order valence-electron chi connectivity index (χ0n) is 6.31. The molecule has 2 unspecified atom stereocenters. The van der Waals surface area contributed by atoms with E-state index in [1.54, 1.807) is 0 Å². The Morgan fingerprint density at radius 2 is 2.33 bits per heavy atom. The largest absolute Gasteiger partial charge is 0.389 e. The summed E-state index contributed by atoms with van der Waals surface area (Å²) >= 11 is 3.84. The molecule has 12 heavy (non-hydrogen) atoms. The summed E-state index contributed by atoms with van der Waals surface area (Å²) in [5.74, 6) is 0.468. The van der Waals surface area contributed by atoms with Crippen LogP contribution >= 0.6 is 12.6 Å². The van der Waals surface area contributed by atoms with Crippen molar-refractivity contribution in [2.45, 2.75) is 12.2 Å². The standard InChI is InChI=1S/C6H11N3O2S/c7-5-1-3(8-9-5)6(11)4(10)2-12/h1,4,6,10-12H,2H2,(H3,7,8,9). The molecule has 0 saturated heterocycles. The van der Waals surface area contributed by atoms with Crippen LogP contribution in [-0.4, -0.2) is 32.3 Å². The number of aliphatic hydroxyl groups excluding tert-OH is 2. The lowest BCUT2D eigenvalue weighted by Crippen LogP contribution is -2.19. The lowest BCUT2D eigenvalue weighted by molar-refractivity contribution is 0.0310. The van der Waals surface area contributed by atoms with Crippen molar-refractivity contribution in [1.29, 1.82) is 0 Å². The van der Waals surface area contributed by atoms with Gasteiger partial charge in [-0.25, -0.2) is 0 Å². The number of aromatic amines is 1. The van der Waals surface area contributed by atoms with E-state index in [4.69, 9.17) is 5.73 Å². The van der Waals surface area contributed by atoms with E-state index < -0.39 is 12.2 Å². The fraction of sp³-hybridized carbons (Fsp3) is 0.500. The summed E-state index contributed by atoms with van der Waals surface area (Å²) in [6, 6.07) is 1.47. The molecule has 1 aromatic rings. The summed E-state index contributed by atoms with van der Waals surface area (Å²) < 4.78 is 0. The van der Waals surface area contributed by atoms with E-state index in [9.17, 15) is 10.2 Å². The number of nitrogens with two attached hydrogens (primary N) is 1. The molecule has 1 rings (SSSR count). The van der Waals surface area contributed by atoms with Crippen molar-refractivity contribution in [1.82, 2.24) is 10.2 Å². The third-order valence-electron chi connectivity index (χ3n) is 1.49. The lowest BCUT2D eigenvalue weighted by Gasteiger charge is -2.12. The van der Waals surface area contributed by atoms with Gasteiger partial charge in [0.05, 0.1) is 11.8 Å². The number of H-pyrrole nitrogens is 1. The van der Waals surface area contributed by atoms with Crippen molar-refractivity contribution in [3.05, 3.63) is 11.8 Å². The van der Waals surface area contributed by atoms with Gasteiger partial charge < -0.3 is 15.9 Å². The predicted molar refractivity (Wildman–Crippen MR) is 47.8 cm³/mol. The number of aliphatic hydroxyl groups is 2. The van der Waals surface area contributed by atoms with Crippen LogP contribution in [0.4, 0.5) is 5.82 Å². The van der Waals surface area contributed by atoms with Gasteiger partial charge in [0, 0.05) is 11.8 Å². The Balaban J connectivity index is 2.70. The maximum atomic E-state index is 9.38. The minimum atomic E-state index is -1.01. The van der Waals surface area contributed by atoms with Gasteiger partial charge in [-0.05, 0) is 0 Å². The van der Waals surface area contributed by atoms with Crippen molar-refractivity contribution < 1.29 is 10.2 Å².